The molecule has 106 valence electrons. The van der Waals surface area contributed by atoms with Gasteiger partial charge in [0.1, 0.15) is 0 Å². The minimum absolute atomic E-state index is 0.363. The Balaban J connectivity index is 1.79. The van der Waals surface area contributed by atoms with Crippen LogP contribution in [0.2, 0.25) is 0 Å². The fraction of sp³-hybridized carbons (Fsp3) is 0.647. The molecule has 0 heterocycles. The van der Waals surface area contributed by atoms with Gasteiger partial charge < -0.3 is 5.73 Å². The molecule has 0 saturated heterocycles. The van der Waals surface area contributed by atoms with Crippen LogP contribution in [0.1, 0.15) is 44.6 Å². The molecule has 0 aromatic heterocycles. The van der Waals surface area contributed by atoms with E-state index in [4.69, 9.17) is 5.73 Å². The second-order valence-corrected chi connectivity index (χ2v) is 6.99. The Labute approximate surface area is 122 Å². The van der Waals surface area contributed by atoms with E-state index in [0.29, 0.717) is 6.04 Å². The molecule has 1 aromatic carbocycles. The molecule has 0 amide bonds. The molecular formula is C17H27NS. The molecule has 0 aliphatic heterocycles. The summed E-state index contributed by atoms with van der Waals surface area (Å²) < 4.78 is 0. The van der Waals surface area contributed by atoms with Crippen LogP contribution < -0.4 is 5.73 Å². The molecule has 1 aliphatic rings. The highest BCUT2D eigenvalue weighted by atomic mass is 32.2. The number of benzene rings is 1. The number of aryl methyl sites for hydroxylation is 1. The van der Waals surface area contributed by atoms with Crippen molar-refractivity contribution in [3.05, 3.63) is 29.8 Å². The Hall–Kier alpha value is -0.470. The van der Waals surface area contributed by atoms with E-state index >= 15 is 0 Å². The zero-order valence-electron chi connectivity index (χ0n) is 12.3. The molecule has 1 unspecified atom stereocenters. The largest absolute Gasteiger partial charge is 0.327 e. The van der Waals surface area contributed by atoms with E-state index in [1.54, 1.807) is 0 Å². The van der Waals surface area contributed by atoms with E-state index in [2.05, 4.69) is 38.1 Å². The third-order valence-corrected chi connectivity index (χ3v) is 5.92. The van der Waals surface area contributed by atoms with Crippen LogP contribution >= 0.6 is 11.8 Å². The first-order valence-corrected chi connectivity index (χ1v) is 8.63. The van der Waals surface area contributed by atoms with Gasteiger partial charge in [0.05, 0.1) is 0 Å². The van der Waals surface area contributed by atoms with Crippen LogP contribution in [0, 0.1) is 18.8 Å². The molecule has 2 N–H and O–H groups in total. The normalized spacial score (nSPS) is 25.2. The predicted molar refractivity (Wildman–Crippen MR) is 85.6 cm³/mol. The van der Waals surface area contributed by atoms with Crippen LogP contribution in [0.5, 0.6) is 0 Å². The zero-order chi connectivity index (χ0) is 13.7. The Morgan fingerprint density at radius 2 is 1.89 bits per heavy atom. The number of nitrogens with two attached hydrogens (primary N) is 1. The minimum atomic E-state index is 0.363. The summed E-state index contributed by atoms with van der Waals surface area (Å²) in [5.74, 6) is 2.78. The van der Waals surface area contributed by atoms with Crippen LogP contribution in [-0.2, 0) is 0 Å². The van der Waals surface area contributed by atoms with Gasteiger partial charge in [0.15, 0.2) is 0 Å². The molecule has 1 fully saturated rings. The Morgan fingerprint density at radius 3 is 2.53 bits per heavy atom. The molecule has 1 saturated carbocycles. The Bertz CT molecular complexity index is 383. The minimum Gasteiger partial charge on any atom is -0.327 e. The standard InChI is InChI=1S/C17H27NS/c1-3-14-8-10-15(11-9-14)16(18)12-19-17-7-5-4-6-13(17)2/h4-7,14-16H,3,8-12,18H2,1-2H3. The molecule has 0 radical (unpaired) electrons. The van der Waals surface area contributed by atoms with Crippen LogP contribution in [0.25, 0.3) is 0 Å². The summed E-state index contributed by atoms with van der Waals surface area (Å²) in [6.45, 7) is 4.50. The van der Waals surface area contributed by atoms with E-state index < -0.39 is 0 Å². The van der Waals surface area contributed by atoms with E-state index in [1.807, 2.05) is 11.8 Å². The summed E-state index contributed by atoms with van der Waals surface area (Å²) in [4.78, 5) is 1.39. The fourth-order valence-corrected chi connectivity index (χ4v) is 4.18. The van der Waals surface area contributed by atoms with Crippen LogP contribution in [-0.4, -0.2) is 11.8 Å². The summed E-state index contributed by atoms with van der Waals surface area (Å²) in [5.41, 5.74) is 7.78. The average Bonchev–Trinajstić information content (AvgIpc) is 2.46. The van der Waals surface area contributed by atoms with Gasteiger partial charge in [-0.3, -0.25) is 0 Å². The molecular weight excluding hydrogens is 250 g/mol. The van der Waals surface area contributed by atoms with Crippen molar-refractivity contribution in [2.45, 2.75) is 56.9 Å². The van der Waals surface area contributed by atoms with Crippen LogP contribution in [0.3, 0.4) is 0 Å². The molecule has 2 rings (SSSR count). The maximum atomic E-state index is 6.41. The van der Waals surface area contributed by atoms with Gasteiger partial charge in [0, 0.05) is 16.7 Å². The van der Waals surface area contributed by atoms with Crippen molar-refractivity contribution in [1.29, 1.82) is 0 Å². The lowest BCUT2D eigenvalue weighted by Gasteiger charge is -2.31. The van der Waals surface area contributed by atoms with Crippen molar-refractivity contribution < 1.29 is 0 Å². The topological polar surface area (TPSA) is 26.0 Å². The lowest BCUT2D eigenvalue weighted by atomic mass is 9.78. The van der Waals surface area contributed by atoms with Crippen LogP contribution in [0.4, 0.5) is 0 Å². The maximum absolute atomic E-state index is 6.41. The van der Waals surface area contributed by atoms with E-state index in [-0.39, 0.29) is 0 Å². The molecule has 1 atom stereocenters. The summed E-state index contributed by atoms with van der Waals surface area (Å²) >= 11 is 1.93. The second-order valence-electron chi connectivity index (χ2n) is 5.93. The van der Waals surface area contributed by atoms with Crippen LogP contribution in [0.15, 0.2) is 29.2 Å². The van der Waals surface area contributed by atoms with E-state index in [1.165, 1.54) is 42.6 Å². The maximum Gasteiger partial charge on any atom is 0.0162 e. The summed E-state index contributed by atoms with van der Waals surface area (Å²) in [5, 5.41) is 0. The number of rotatable bonds is 5. The van der Waals surface area contributed by atoms with Crippen molar-refractivity contribution >= 4 is 11.8 Å². The van der Waals surface area contributed by atoms with Gasteiger partial charge in [0.2, 0.25) is 0 Å². The molecule has 1 nitrogen and oxygen atoms in total. The highest BCUT2D eigenvalue weighted by Crippen LogP contribution is 2.33. The van der Waals surface area contributed by atoms with Gasteiger partial charge in [-0.2, -0.15) is 0 Å². The van der Waals surface area contributed by atoms with Crippen molar-refractivity contribution in [2.75, 3.05) is 5.75 Å². The Kier molecular flexibility index (Phi) is 5.77. The molecule has 2 heteroatoms. The number of thioether (sulfide) groups is 1. The quantitative estimate of drug-likeness (QED) is 0.794. The number of hydrogen-bond donors (Lipinski definition) is 1. The monoisotopic (exact) mass is 277 g/mol. The van der Waals surface area contributed by atoms with Gasteiger partial charge in [-0.25, -0.2) is 0 Å². The smallest absolute Gasteiger partial charge is 0.0162 e. The Morgan fingerprint density at radius 1 is 1.21 bits per heavy atom. The summed E-state index contributed by atoms with van der Waals surface area (Å²) in [6, 6.07) is 8.97. The molecule has 1 aromatic rings. The predicted octanol–water partition coefficient (Wildman–Crippen LogP) is 4.63. The first kappa shape index (κ1) is 14.9. The van der Waals surface area contributed by atoms with Gasteiger partial charge in [0.25, 0.3) is 0 Å². The molecule has 0 spiro atoms. The highest BCUT2D eigenvalue weighted by Gasteiger charge is 2.24. The molecule has 19 heavy (non-hydrogen) atoms. The van der Waals surface area contributed by atoms with E-state index in [0.717, 1.165) is 17.6 Å². The van der Waals surface area contributed by atoms with Crippen molar-refractivity contribution in [1.82, 2.24) is 0 Å². The number of hydrogen-bond acceptors (Lipinski definition) is 2. The second kappa shape index (κ2) is 7.35. The molecule has 0 bridgehead atoms. The lowest BCUT2D eigenvalue weighted by molar-refractivity contribution is 0.247. The van der Waals surface area contributed by atoms with Crippen molar-refractivity contribution in [3.63, 3.8) is 0 Å². The summed E-state index contributed by atoms with van der Waals surface area (Å²) in [7, 11) is 0. The first-order valence-electron chi connectivity index (χ1n) is 7.64. The average molecular weight is 277 g/mol. The van der Waals surface area contributed by atoms with Gasteiger partial charge in [-0.05, 0) is 43.2 Å². The molecule has 1 aliphatic carbocycles. The van der Waals surface area contributed by atoms with E-state index in [9.17, 15) is 0 Å². The van der Waals surface area contributed by atoms with Gasteiger partial charge >= 0.3 is 0 Å². The lowest BCUT2D eigenvalue weighted by Crippen LogP contribution is -2.35. The fourth-order valence-electron chi connectivity index (χ4n) is 3.07. The third-order valence-electron chi connectivity index (χ3n) is 4.60. The highest BCUT2D eigenvalue weighted by molar-refractivity contribution is 7.99. The zero-order valence-corrected chi connectivity index (χ0v) is 13.1. The van der Waals surface area contributed by atoms with Gasteiger partial charge in [-0.1, -0.05) is 44.4 Å². The first-order chi connectivity index (χ1) is 9.20. The third kappa shape index (κ3) is 4.25. The van der Waals surface area contributed by atoms with Crippen molar-refractivity contribution in [2.24, 2.45) is 17.6 Å². The van der Waals surface area contributed by atoms with Crippen molar-refractivity contribution in [3.8, 4) is 0 Å². The SMILES string of the molecule is CCC1CCC(C(N)CSc2ccccc2C)CC1. The van der Waals surface area contributed by atoms with Gasteiger partial charge in [-0.15, -0.1) is 11.8 Å². The summed E-state index contributed by atoms with van der Waals surface area (Å²) in [6.07, 6.45) is 6.82.